The summed E-state index contributed by atoms with van der Waals surface area (Å²) in [5, 5.41) is 19.5. The number of nitrogens with zero attached hydrogens (tertiary/aromatic N) is 1. The third-order valence-electron chi connectivity index (χ3n) is 4.16. The van der Waals surface area contributed by atoms with Crippen molar-refractivity contribution in [2.45, 2.75) is 51.7 Å². The number of halogens is 1. The summed E-state index contributed by atoms with van der Waals surface area (Å²) in [4.78, 5) is 2.14. The third kappa shape index (κ3) is 3.13. The third-order valence-corrected chi connectivity index (χ3v) is 4.16. The van der Waals surface area contributed by atoms with Gasteiger partial charge in [-0.2, -0.15) is 0 Å². The van der Waals surface area contributed by atoms with Crippen molar-refractivity contribution in [2.24, 2.45) is 0 Å². The van der Waals surface area contributed by atoms with E-state index in [0.29, 0.717) is 11.1 Å². The quantitative estimate of drug-likeness (QED) is 0.895. The molecule has 0 aromatic heterocycles. The van der Waals surface area contributed by atoms with Crippen molar-refractivity contribution in [3.8, 4) is 0 Å². The zero-order valence-electron chi connectivity index (χ0n) is 12.3. The molecule has 3 nitrogen and oxygen atoms in total. The van der Waals surface area contributed by atoms with Crippen LogP contribution in [0.15, 0.2) is 12.1 Å². The fourth-order valence-electron chi connectivity index (χ4n) is 2.95. The van der Waals surface area contributed by atoms with Crippen LogP contribution in [0.1, 0.15) is 49.8 Å². The molecule has 0 bridgehead atoms. The Morgan fingerprint density at radius 1 is 1.35 bits per heavy atom. The summed E-state index contributed by atoms with van der Waals surface area (Å²) in [6, 6.07) is 3.28. The molecule has 1 fully saturated rings. The maximum absolute atomic E-state index is 13.8. The SMILES string of the molecule is Cc1cc(N2CCCCCC2CO)c(C(C)O)cc1F. The minimum Gasteiger partial charge on any atom is -0.394 e. The summed E-state index contributed by atoms with van der Waals surface area (Å²) < 4.78 is 13.8. The lowest BCUT2D eigenvalue weighted by atomic mass is 10.0. The zero-order chi connectivity index (χ0) is 14.7. The van der Waals surface area contributed by atoms with E-state index >= 15 is 0 Å². The number of benzene rings is 1. The second-order valence-electron chi connectivity index (χ2n) is 5.72. The number of aryl methyl sites for hydroxylation is 1. The van der Waals surface area contributed by atoms with Gasteiger partial charge in [0.25, 0.3) is 0 Å². The van der Waals surface area contributed by atoms with E-state index in [1.807, 2.05) is 0 Å². The van der Waals surface area contributed by atoms with Crippen molar-refractivity contribution < 1.29 is 14.6 Å². The lowest BCUT2D eigenvalue weighted by Crippen LogP contribution is -2.38. The van der Waals surface area contributed by atoms with E-state index in [4.69, 9.17) is 0 Å². The van der Waals surface area contributed by atoms with Crippen LogP contribution in [0.2, 0.25) is 0 Å². The molecule has 0 spiro atoms. The molecule has 4 heteroatoms. The fraction of sp³-hybridized carbons (Fsp3) is 0.625. The first-order valence-corrected chi connectivity index (χ1v) is 7.40. The van der Waals surface area contributed by atoms with E-state index in [2.05, 4.69) is 4.90 Å². The molecule has 0 saturated carbocycles. The summed E-state index contributed by atoms with van der Waals surface area (Å²) in [5.74, 6) is -0.292. The average molecular weight is 281 g/mol. The van der Waals surface area contributed by atoms with Crippen LogP contribution in [-0.4, -0.2) is 29.4 Å². The first kappa shape index (κ1) is 15.3. The van der Waals surface area contributed by atoms with Gasteiger partial charge in [-0.15, -0.1) is 0 Å². The predicted octanol–water partition coefficient (Wildman–Crippen LogP) is 2.93. The Balaban J connectivity index is 2.45. The molecule has 2 N–H and O–H groups in total. The van der Waals surface area contributed by atoms with Gasteiger partial charge in [0.05, 0.1) is 18.8 Å². The Labute approximate surface area is 120 Å². The standard InChI is InChI=1S/C16H24FNO2/c1-11-8-16(14(12(2)20)9-15(11)17)18-7-5-3-4-6-13(18)10-19/h8-9,12-13,19-20H,3-7,10H2,1-2H3. The van der Waals surface area contributed by atoms with Crippen LogP contribution in [0.5, 0.6) is 0 Å². The molecule has 2 rings (SSSR count). The molecule has 0 amide bonds. The first-order chi connectivity index (χ1) is 9.54. The van der Waals surface area contributed by atoms with Gasteiger partial charge in [0.1, 0.15) is 5.82 Å². The van der Waals surface area contributed by atoms with Gasteiger partial charge in [0.2, 0.25) is 0 Å². The second kappa shape index (κ2) is 6.55. The molecule has 20 heavy (non-hydrogen) atoms. The van der Waals surface area contributed by atoms with E-state index < -0.39 is 6.10 Å². The van der Waals surface area contributed by atoms with E-state index in [9.17, 15) is 14.6 Å². The lowest BCUT2D eigenvalue weighted by molar-refractivity contribution is 0.198. The predicted molar refractivity (Wildman–Crippen MR) is 78.5 cm³/mol. The molecule has 1 heterocycles. The highest BCUT2D eigenvalue weighted by Gasteiger charge is 2.24. The maximum Gasteiger partial charge on any atom is 0.126 e. The molecule has 2 unspecified atom stereocenters. The Hall–Kier alpha value is -1.13. The highest BCUT2D eigenvalue weighted by atomic mass is 19.1. The smallest absolute Gasteiger partial charge is 0.126 e. The number of rotatable bonds is 3. The van der Waals surface area contributed by atoms with Gasteiger partial charge in [0.15, 0.2) is 0 Å². The van der Waals surface area contributed by atoms with Gasteiger partial charge in [-0.25, -0.2) is 4.39 Å². The van der Waals surface area contributed by atoms with Crippen molar-refractivity contribution >= 4 is 5.69 Å². The lowest BCUT2D eigenvalue weighted by Gasteiger charge is -2.33. The van der Waals surface area contributed by atoms with Crippen LogP contribution in [0.25, 0.3) is 0 Å². The first-order valence-electron chi connectivity index (χ1n) is 7.40. The number of aliphatic hydroxyl groups is 2. The van der Waals surface area contributed by atoms with Gasteiger partial charge < -0.3 is 15.1 Å². The number of hydrogen-bond donors (Lipinski definition) is 2. The molecule has 1 aromatic carbocycles. The number of aliphatic hydroxyl groups excluding tert-OH is 2. The van der Waals surface area contributed by atoms with Gasteiger partial charge >= 0.3 is 0 Å². The monoisotopic (exact) mass is 281 g/mol. The molecule has 1 saturated heterocycles. The molecular formula is C16H24FNO2. The Kier molecular flexibility index (Phi) is 5.00. The average Bonchev–Trinajstić information content (AvgIpc) is 2.66. The topological polar surface area (TPSA) is 43.7 Å². The van der Waals surface area contributed by atoms with Crippen molar-refractivity contribution in [3.63, 3.8) is 0 Å². The van der Waals surface area contributed by atoms with Gasteiger partial charge in [0, 0.05) is 17.8 Å². The van der Waals surface area contributed by atoms with E-state index in [1.165, 1.54) is 6.07 Å². The van der Waals surface area contributed by atoms with Gasteiger partial charge in [-0.3, -0.25) is 0 Å². The Morgan fingerprint density at radius 3 is 2.75 bits per heavy atom. The largest absolute Gasteiger partial charge is 0.394 e. The number of hydrogen-bond acceptors (Lipinski definition) is 3. The normalized spacial score (nSPS) is 21.6. The summed E-state index contributed by atoms with van der Waals surface area (Å²) >= 11 is 0. The molecule has 112 valence electrons. The second-order valence-corrected chi connectivity index (χ2v) is 5.72. The minimum atomic E-state index is -0.720. The van der Waals surface area contributed by atoms with Gasteiger partial charge in [-0.05, 0) is 44.4 Å². The number of anilines is 1. The summed E-state index contributed by atoms with van der Waals surface area (Å²) in [6.07, 6.45) is 3.53. The molecule has 1 aliphatic heterocycles. The van der Waals surface area contributed by atoms with Crippen LogP contribution in [0, 0.1) is 12.7 Å². The van der Waals surface area contributed by atoms with Crippen molar-refractivity contribution in [1.29, 1.82) is 0 Å². The molecular weight excluding hydrogens is 257 g/mol. The summed E-state index contributed by atoms with van der Waals surface area (Å²) in [7, 11) is 0. The maximum atomic E-state index is 13.8. The van der Waals surface area contributed by atoms with E-state index in [0.717, 1.165) is 37.9 Å². The van der Waals surface area contributed by atoms with Crippen LogP contribution >= 0.6 is 0 Å². The van der Waals surface area contributed by atoms with Crippen molar-refractivity contribution in [2.75, 3.05) is 18.1 Å². The Bertz CT molecular complexity index is 462. The highest BCUT2D eigenvalue weighted by Crippen LogP contribution is 2.33. The van der Waals surface area contributed by atoms with Gasteiger partial charge in [-0.1, -0.05) is 12.8 Å². The van der Waals surface area contributed by atoms with Crippen molar-refractivity contribution in [3.05, 3.63) is 29.1 Å². The molecule has 0 radical (unpaired) electrons. The van der Waals surface area contributed by atoms with Crippen LogP contribution in [0.4, 0.5) is 10.1 Å². The van der Waals surface area contributed by atoms with Crippen LogP contribution in [0.3, 0.4) is 0 Å². The molecule has 1 aromatic rings. The minimum absolute atomic E-state index is 0.0554. The van der Waals surface area contributed by atoms with Crippen LogP contribution in [-0.2, 0) is 0 Å². The summed E-state index contributed by atoms with van der Waals surface area (Å²) in [6.45, 7) is 4.32. The molecule has 2 atom stereocenters. The van der Waals surface area contributed by atoms with E-state index in [1.54, 1.807) is 19.9 Å². The fourth-order valence-corrected chi connectivity index (χ4v) is 2.95. The Morgan fingerprint density at radius 2 is 2.10 bits per heavy atom. The highest BCUT2D eigenvalue weighted by molar-refractivity contribution is 5.57. The van der Waals surface area contributed by atoms with Crippen molar-refractivity contribution in [1.82, 2.24) is 0 Å². The van der Waals surface area contributed by atoms with Crippen LogP contribution < -0.4 is 4.90 Å². The molecule has 0 aliphatic carbocycles. The zero-order valence-corrected chi connectivity index (χ0v) is 12.3. The molecule has 1 aliphatic rings. The van der Waals surface area contributed by atoms with E-state index in [-0.39, 0.29) is 18.5 Å². The summed E-state index contributed by atoms with van der Waals surface area (Å²) in [5.41, 5.74) is 2.04.